The second-order valence-electron chi connectivity index (χ2n) is 5.25. The van der Waals surface area contributed by atoms with Crippen LogP contribution >= 0.6 is 0 Å². The van der Waals surface area contributed by atoms with E-state index in [0.29, 0.717) is 18.4 Å². The van der Waals surface area contributed by atoms with Crippen LogP contribution in [-0.2, 0) is 9.59 Å². The fourth-order valence-electron chi connectivity index (χ4n) is 2.49. The lowest BCUT2D eigenvalue weighted by molar-refractivity contribution is -0.144. The highest BCUT2D eigenvalue weighted by atomic mass is 16.4. The van der Waals surface area contributed by atoms with E-state index >= 15 is 0 Å². The van der Waals surface area contributed by atoms with Crippen LogP contribution in [0.2, 0.25) is 0 Å². The Morgan fingerprint density at radius 3 is 2.53 bits per heavy atom. The number of amides is 1. The molecule has 4 unspecified atom stereocenters. The lowest BCUT2D eigenvalue weighted by Gasteiger charge is -2.42. The number of rotatable bonds is 3. The zero-order valence-electron chi connectivity index (χ0n) is 10.7. The predicted octanol–water partition coefficient (Wildman–Crippen LogP) is 0.681. The highest BCUT2D eigenvalue weighted by Gasteiger charge is 2.34. The van der Waals surface area contributed by atoms with E-state index in [4.69, 9.17) is 10.8 Å². The topological polar surface area (TPSA) is 83.6 Å². The summed E-state index contributed by atoms with van der Waals surface area (Å²) in [5, 5.41) is 8.65. The van der Waals surface area contributed by atoms with Crippen molar-refractivity contribution in [3.05, 3.63) is 0 Å². The van der Waals surface area contributed by atoms with E-state index in [0.717, 1.165) is 6.42 Å². The highest BCUT2D eigenvalue weighted by molar-refractivity contribution is 5.86. The Hall–Kier alpha value is -1.10. The van der Waals surface area contributed by atoms with Gasteiger partial charge < -0.3 is 15.7 Å². The minimum Gasteiger partial charge on any atom is -0.481 e. The molecule has 0 aromatic rings. The Labute approximate surface area is 102 Å². The van der Waals surface area contributed by atoms with Gasteiger partial charge in [-0.2, -0.15) is 0 Å². The van der Waals surface area contributed by atoms with Crippen LogP contribution in [0.15, 0.2) is 0 Å². The Kier molecular flexibility index (Phi) is 4.51. The van der Waals surface area contributed by atoms with Crippen LogP contribution in [0.3, 0.4) is 0 Å². The number of piperidine rings is 1. The predicted molar refractivity (Wildman–Crippen MR) is 64.3 cm³/mol. The lowest BCUT2D eigenvalue weighted by atomic mass is 9.85. The van der Waals surface area contributed by atoms with Gasteiger partial charge in [0.2, 0.25) is 5.91 Å². The molecule has 0 aliphatic carbocycles. The van der Waals surface area contributed by atoms with Gasteiger partial charge in [-0.25, -0.2) is 0 Å². The van der Waals surface area contributed by atoms with Crippen LogP contribution < -0.4 is 5.73 Å². The molecule has 1 fully saturated rings. The third kappa shape index (κ3) is 3.43. The Balaban J connectivity index is 2.69. The van der Waals surface area contributed by atoms with E-state index in [9.17, 15) is 9.59 Å². The van der Waals surface area contributed by atoms with Gasteiger partial charge in [-0.05, 0) is 25.2 Å². The Bertz CT molecular complexity index is 306. The van der Waals surface area contributed by atoms with E-state index in [1.807, 2.05) is 6.92 Å². The number of aliphatic carboxylic acids is 1. The van der Waals surface area contributed by atoms with Gasteiger partial charge in [-0.3, -0.25) is 9.59 Å². The molecule has 1 aliphatic rings. The van der Waals surface area contributed by atoms with Crippen molar-refractivity contribution >= 4 is 11.9 Å². The first-order chi connectivity index (χ1) is 7.82. The summed E-state index contributed by atoms with van der Waals surface area (Å²) >= 11 is 0. The number of carboxylic acid groups (broad SMARTS) is 1. The summed E-state index contributed by atoms with van der Waals surface area (Å²) in [5.74, 6) is -0.392. The van der Waals surface area contributed by atoms with Crippen molar-refractivity contribution in [2.75, 3.05) is 6.54 Å². The van der Waals surface area contributed by atoms with Crippen molar-refractivity contribution < 1.29 is 14.7 Å². The van der Waals surface area contributed by atoms with Gasteiger partial charge in [0.05, 0.1) is 12.5 Å². The zero-order valence-corrected chi connectivity index (χ0v) is 10.7. The number of nitrogens with two attached hydrogens (primary N) is 1. The van der Waals surface area contributed by atoms with Gasteiger partial charge in [-0.15, -0.1) is 0 Å². The zero-order chi connectivity index (χ0) is 13.2. The summed E-state index contributed by atoms with van der Waals surface area (Å²) in [5.41, 5.74) is 5.63. The van der Waals surface area contributed by atoms with Crippen LogP contribution in [-0.4, -0.2) is 40.5 Å². The van der Waals surface area contributed by atoms with Crippen LogP contribution in [0.5, 0.6) is 0 Å². The van der Waals surface area contributed by atoms with Crippen molar-refractivity contribution in [2.24, 2.45) is 17.6 Å². The summed E-state index contributed by atoms with van der Waals surface area (Å²) in [6.45, 7) is 6.90. The number of nitrogens with zero attached hydrogens (tertiary/aromatic N) is 1. The molecule has 1 aliphatic heterocycles. The first kappa shape index (κ1) is 14.0. The maximum absolute atomic E-state index is 12.1. The molecular formula is C12H22N2O3. The van der Waals surface area contributed by atoms with Crippen LogP contribution in [0.1, 0.15) is 33.6 Å². The van der Waals surface area contributed by atoms with Crippen LogP contribution in [0.25, 0.3) is 0 Å². The molecule has 3 N–H and O–H groups in total. The molecule has 0 spiro atoms. The number of carbonyl (C=O) groups excluding carboxylic acids is 1. The Morgan fingerprint density at radius 1 is 1.41 bits per heavy atom. The smallest absolute Gasteiger partial charge is 0.305 e. The standard InChI is InChI=1S/C12H22N2O3/c1-7-4-8(2)9(3)14(6-7)12(17)10(13)5-11(15)16/h7-10H,4-6,13H2,1-3H3,(H,15,16). The first-order valence-electron chi connectivity index (χ1n) is 6.10. The molecule has 17 heavy (non-hydrogen) atoms. The molecule has 1 saturated heterocycles. The van der Waals surface area contributed by atoms with E-state index in [-0.39, 0.29) is 18.4 Å². The summed E-state index contributed by atoms with van der Waals surface area (Å²) in [6.07, 6.45) is 0.796. The summed E-state index contributed by atoms with van der Waals surface area (Å²) in [7, 11) is 0. The van der Waals surface area contributed by atoms with Crippen molar-refractivity contribution in [1.82, 2.24) is 4.90 Å². The fraction of sp³-hybridized carbons (Fsp3) is 0.833. The monoisotopic (exact) mass is 242 g/mol. The number of hydrogen-bond acceptors (Lipinski definition) is 3. The minimum atomic E-state index is -1.03. The number of likely N-dealkylation sites (tertiary alicyclic amines) is 1. The lowest BCUT2D eigenvalue weighted by Crippen LogP contribution is -2.54. The third-order valence-electron chi connectivity index (χ3n) is 3.59. The number of carbonyl (C=O) groups is 2. The normalized spacial score (nSPS) is 31.1. The van der Waals surface area contributed by atoms with Gasteiger partial charge in [0.15, 0.2) is 0 Å². The van der Waals surface area contributed by atoms with Gasteiger partial charge in [0.1, 0.15) is 0 Å². The van der Waals surface area contributed by atoms with E-state index in [1.165, 1.54) is 0 Å². The Morgan fingerprint density at radius 2 is 2.00 bits per heavy atom. The largest absolute Gasteiger partial charge is 0.481 e. The minimum absolute atomic E-state index is 0.138. The second-order valence-corrected chi connectivity index (χ2v) is 5.25. The van der Waals surface area contributed by atoms with Gasteiger partial charge >= 0.3 is 5.97 Å². The summed E-state index contributed by atoms with van der Waals surface area (Å²) in [4.78, 5) is 24.4. The fourth-order valence-corrected chi connectivity index (χ4v) is 2.49. The molecule has 4 atom stereocenters. The molecule has 0 radical (unpaired) electrons. The third-order valence-corrected chi connectivity index (χ3v) is 3.59. The molecule has 1 amide bonds. The maximum Gasteiger partial charge on any atom is 0.305 e. The SMILES string of the molecule is CC1CC(C)C(C)N(C(=O)C(N)CC(=O)O)C1. The number of hydrogen-bond donors (Lipinski definition) is 2. The molecule has 0 aromatic carbocycles. The maximum atomic E-state index is 12.1. The highest BCUT2D eigenvalue weighted by Crippen LogP contribution is 2.27. The number of carboxylic acids is 1. The van der Waals surface area contributed by atoms with Gasteiger partial charge in [0, 0.05) is 12.6 Å². The van der Waals surface area contributed by atoms with Crippen molar-refractivity contribution in [2.45, 2.75) is 45.7 Å². The van der Waals surface area contributed by atoms with Crippen molar-refractivity contribution in [1.29, 1.82) is 0 Å². The molecule has 0 aromatic heterocycles. The molecule has 5 heteroatoms. The summed E-state index contributed by atoms with van der Waals surface area (Å²) in [6, 6.07) is -0.786. The van der Waals surface area contributed by atoms with E-state index in [1.54, 1.807) is 4.90 Å². The first-order valence-corrected chi connectivity index (χ1v) is 6.10. The van der Waals surface area contributed by atoms with Crippen LogP contribution in [0, 0.1) is 11.8 Å². The van der Waals surface area contributed by atoms with Crippen molar-refractivity contribution in [3.8, 4) is 0 Å². The van der Waals surface area contributed by atoms with Crippen molar-refractivity contribution in [3.63, 3.8) is 0 Å². The quantitative estimate of drug-likeness (QED) is 0.762. The average molecular weight is 242 g/mol. The van der Waals surface area contributed by atoms with E-state index in [2.05, 4.69) is 13.8 Å². The summed E-state index contributed by atoms with van der Waals surface area (Å²) < 4.78 is 0. The van der Waals surface area contributed by atoms with Crippen LogP contribution in [0.4, 0.5) is 0 Å². The molecular weight excluding hydrogens is 220 g/mol. The molecule has 0 saturated carbocycles. The molecule has 1 rings (SSSR count). The molecule has 5 nitrogen and oxygen atoms in total. The second kappa shape index (κ2) is 5.49. The molecule has 98 valence electrons. The van der Waals surface area contributed by atoms with E-state index < -0.39 is 12.0 Å². The average Bonchev–Trinajstić information content (AvgIpc) is 2.21. The van der Waals surface area contributed by atoms with Gasteiger partial charge in [0.25, 0.3) is 0 Å². The molecule has 1 heterocycles. The molecule has 0 bridgehead atoms. The van der Waals surface area contributed by atoms with Gasteiger partial charge in [-0.1, -0.05) is 13.8 Å².